The van der Waals surface area contributed by atoms with Gasteiger partial charge in [0.15, 0.2) is 0 Å². The molecule has 0 aliphatic carbocycles. The Morgan fingerprint density at radius 3 is 2.86 bits per heavy atom. The molecule has 5 nitrogen and oxygen atoms in total. The molecule has 0 saturated carbocycles. The number of hydrogen-bond acceptors (Lipinski definition) is 3. The smallest absolute Gasteiger partial charge is 0.224 e. The van der Waals surface area contributed by atoms with Gasteiger partial charge in [-0.2, -0.15) is 0 Å². The number of benzene rings is 1. The number of nitrogens with zero attached hydrogens (tertiary/aromatic N) is 2. The molecule has 2 aromatic rings. The van der Waals surface area contributed by atoms with Crippen LogP contribution >= 0.6 is 0 Å². The monoisotopic (exact) mass is 288 g/mol. The van der Waals surface area contributed by atoms with Gasteiger partial charge in [0.25, 0.3) is 0 Å². The van der Waals surface area contributed by atoms with Gasteiger partial charge in [0.2, 0.25) is 5.91 Å². The van der Waals surface area contributed by atoms with Gasteiger partial charge in [0.05, 0.1) is 5.52 Å². The first kappa shape index (κ1) is 15.5. The molecule has 2 rings (SSSR count). The maximum absolute atomic E-state index is 11.8. The van der Waals surface area contributed by atoms with E-state index >= 15 is 0 Å². The maximum atomic E-state index is 11.8. The van der Waals surface area contributed by atoms with Crippen molar-refractivity contribution < 1.29 is 4.79 Å². The zero-order chi connectivity index (χ0) is 15.2. The Morgan fingerprint density at radius 1 is 1.33 bits per heavy atom. The molecule has 0 fully saturated rings. The van der Waals surface area contributed by atoms with E-state index < -0.39 is 0 Å². The Hall–Kier alpha value is -1.85. The fourth-order valence-corrected chi connectivity index (χ4v) is 2.25. The number of fused-ring (bicyclic) bond motifs is 1. The summed E-state index contributed by atoms with van der Waals surface area (Å²) in [5.74, 6) is 0.0196. The number of likely N-dealkylation sites (N-methyl/N-ethyl adjacent to an activating group) is 1. The minimum absolute atomic E-state index is 0.0196. The van der Waals surface area contributed by atoms with Crippen LogP contribution < -0.4 is 11.1 Å². The Morgan fingerprint density at radius 2 is 2.14 bits per heavy atom. The van der Waals surface area contributed by atoms with E-state index in [2.05, 4.69) is 41.1 Å². The molecule has 114 valence electrons. The summed E-state index contributed by atoms with van der Waals surface area (Å²) in [7, 11) is 4.13. The van der Waals surface area contributed by atoms with Gasteiger partial charge in [-0.05, 0) is 50.6 Å². The average molecular weight is 288 g/mol. The number of nitrogens with one attached hydrogen (secondary N) is 1. The van der Waals surface area contributed by atoms with E-state index in [1.807, 2.05) is 18.2 Å². The standard InChI is InChI=1S/C16H24N4O/c1-19(2)10-11-20-9-7-13-5-6-14(12-15(13)20)18-16(21)4-3-8-17/h5-7,9,12H,3-4,8,10-11,17H2,1-2H3,(H,18,21). The van der Waals surface area contributed by atoms with E-state index in [9.17, 15) is 4.79 Å². The van der Waals surface area contributed by atoms with Crippen molar-refractivity contribution in [1.82, 2.24) is 9.47 Å². The summed E-state index contributed by atoms with van der Waals surface area (Å²) >= 11 is 0. The third kappa shape index (κ3) is 4.31. The number of carbonyl (C=O) groups is 1. The summed E-state index contributed by atoms with van der Waals surface area (Å²) < 4.78 is 2.21. The van der Waals surface area contributed by atoms with Crippen molar-refractivity contribution in [2.45, 2.75) is 19.4 Å². The molecule has 0 spiro atoms. The minimum Gasteiger partial charge on any atom is -0.346 e. The van der Waals surface area contributed by atoms with Crippen LogP contribution in [-0.4, -0.2) is 42.6 Å². The first-order chi connectivity index (χ1) is 10.1. The van der Waals surface area contributed by atoms with Gasteiger partial charge in [-0.25, -0.2) is 0 Å². The third-order valence-electron chi connectivity index (χ3n) is 3.45. The predicted octanol–water partition coefficient (Wildman–Crippen LogP) is 1.88. The zero-order valence-electron chi connectivity index (χ0n) is 12.8. The first-order valence-electron chi connectivity index (χ1n) is 7.33. The summed E-state index contributed by atoms with van der Waals surface area (Å²) in [4.78, 5) is 13.9. The van der Waals surface area contributed by atoms with E-state index in [0.29, 0.717) is 19.4 Å². The summed E-state index contributed by atoms with van der Waals surface area (Å²) in [6.07, 6.45) is 3.28. The highest BCUT2D eigenvalue weighted by atomic mass is 16.1. The molecule has 1 amide bonds. The van der Waals surface area contributed by atoms with Crippen molar-refractivity contribution in [2.75, 3.05) is 32.5 Å². The molecule has 1 aromatic carbocycles. The number of rotatable bonds is 7. The fraction of sp³-hybridized carbons (Fsp3) is 0.438. The van der Waals surface area contributed by atoms with Gasteiger partial charge in [-0.3, -0.25) is 4.79 Å². The first-order valence-corrected chi connectivity index (χ1v) is 7.33. The summed E-state index contributed by atoms with van der Waals surface area (Å²) in [6, 6.07) is 8.12. The van der Waals surface area contributed by atoms with Crippen LogP contribution in [-0.2, 0) is 11.3 Å². The molecule has 0 atom stereocenters. The van der Waals surface area contributed by atoms with Crippen LogP contribution in [0.2, 0.25) is 0 Å². The lowest BCUT2D eigenvalue weighted by atomic mass is 10.2. The zero-order valence-corrected chi connectivity index (χ0v) is 12.8. The molecule has 1 heterocycles. The number of hydrogen-bond donors (Lipinski definition) is 2. The highest BCUT2D eigenvalue weighted by molar-refractivity contribution is 5.93. The number of anilines is 1. The topological polar surface area (TPSA) is 63.3 Å². The van der Waals surface area contributed by atoms with Gasteiger partial charge in [-0.15, -0.1) is 0 Å². The molecule has 0 saturated heterocycles. The number of nitrogens with two attached hydrogens (primary N) is 1. The SMILES string of the molecule is CN(C)CCn1ccc2ccc(NC(=O)CCCN)cc21. The van der Waals surface area contributed by atoms with Gasteiger partial charge in [0.1, 0.15) is 0 Å². The van der Waals surface area contributed by atoms with Crippen LogP contribution in [0.15, 0.2) is 30.5 Å². The van der Waals surface area contributed by atoms with E-state index in [1.54, 1.807) is 0 Å². The Bertz CT molecular complexity index is 603. The van der Waals surface area contributed by atoms with Gasteiger partial charge < -0.3 is 20.5 Å². The van der Waals surface area contributed by atoms with Gasteiger partial charge in [0, 0.05) is 31.4 Å². The number of carbonyl (C=O) groups excluding carboxylic acids is 1. The molecular weight excluding hydrogens is 264 g/mol. The van der Waals surface area contributed by atoms with Crippen LogP contribution in [0, 0.1) is 0 Å². The molecule has 0 radical (unpaired) electrons. The summed E-state index contributed by atoms with van der Waals surface area (Å²) in [6.45, 7) is 2.46. The second-order valence-electron chi connectivity index (χ2n) is 5.53. The Labute approximate surface area is 125 Å². The van der Waals surface area contributed by atoms with E-state index in [0.717, 1.165) is 24.3 Å². The van der Waals surface area contributed by atoms with Crippen LogP contribution in [0.25, 0.3) is 10.9 Å². The van der Waals surface area contributed by atoms with Gasteiger partial charge >= 0.3 is 0 Å². The highest BCUT2D eigenvalue weighted by Crippen LogP contribution is 2.20. The highest BCUT2D eigenvalue weighted by Gasteiger charge is 2.05. The molecule has 0 aliphatic rings. The van der Waals surface area contributed by atoms with Crippen molar-refractivity contribution in [3.8, 4) is 0 Å². The van der Waals surface area contributed by atoms with Crippen molar-refractivity contribution >= 4 is 22.5 Å². The van der Waals surface area contributed by atoms with Crippen LogP contribution in [0.3, 0.4) is 0 Å². The molecule has 0 aliphatic heterocycles. The van der Waals surface area contributed by atoms with Crippen molar-refractivity contribution in [1.29, 1.82) is 0 Å². The molecule has 0 bridgehead atoms. The van der Waals surface area contributed by atoms with Crippen molar-refractivity contribution in [2.24, 2.45) is 5.73 Å². The molecule has 0 unspecified atom stereocenters. The van der Waals surface area contributed by atoms with Crippen LogP contribution in [0.4, 0.5) is 5.69 Å². The lowest BCUT2D eigenvalue weighted by molar-refractivity contribution is -0.116. The van der Waals surface area contributed by atoms with Crippen LogP contribution in [0.1, 0.15) is 12.8 Å². The second-order valence-corrected chi connectivity index (χ2v) is 5.53. The number of amides is 1. The molecule has 3 N–H and O–H groups in total. The molecular formula is C16H24N4O. The largest absolute Gasteiger partial charge is 0.346 e. The minimum atomic E-state index is 0.0196. The number of aromatic nitrogens is 1. The quantitative estimate of drug-likeness (QED) is 0.817. The van der Waals surface area contributed by atoms with E-state index in [-0.39, 0.29) is 5.91 Å². The van der Waals surface area contributed by atoms with E-state index in [4.69, 9.17) is 5.73 Å². The average Bonchev–Trinajstić information content (AvgIpc) is 2.85. The summed E-state index contributed by atoms with van der Waals surface area (Å²) in [5, 5.41) is 4.12. The van der Waals surface area contributed by atoms with Crippen LogP contribution in [0.5, 0.6) is 0 Å². The fourth-order valence-electron chi connectivity index (χ4n) is 2.25. The van der Waals surface area contributed by atoms with Gasteiger partial charge in [-0.1, -0.05) is 6.07 Å². The van der Waals surface area contributed by atoms with Crippen molar-refractivity contribution in [3.63, 3.8) is 0 Å². The molecule has 5 heteroatoms. The normalized spacial score (nSPS) is 11.2. The lowest BCUT2D eigenvalue weighted by Crippen LogP contribution is -2.18. The predicted molar refractivity (Wildman–Crippen MR) is 87.4 cm³/mol. The Balaban J connectivity index is 2.11. The molecule has 1 aromatic heterocycles. The molecule has 21 heavy (non-hydrogen) atoms. The van der Waals surface area contributed by atoms with E-state index in [1.165, 1.54) is 5.39 Å². The summed E-state index contributed by atoms with van der Waals surface area (Å²) in [5.41, 5.74) is 7.41. The second kappa shape index (κ2) is 7.24. The maximum Gasteiger partial charge on any atom is 0.224 e. The third-order valence-corrected chi connectivity index (χ3v) is 3.45. The Kier molecular flexibility index (Phi) is 5.36. The lowest BCUT2D eigenvalue weighted by Gasteiger charge is -2.12. The van der Waals surface area contributed by atoms with Crippen molar-refractivity contribution in [3.05, 3.63) is 30.5 Å².